The number of fused-ring (bicyclic) bond motifs is 2. The monoisotopic (exact) mass is 270 g/mol. The van der Waals surface area contributed by atoms with Crippen LogP contribution in [0.3, 0.4) is 0 Å². The highest BCUT2D eigenvalue weighted by Gasteiger charge is 2.24. The van der Waals surface area contributed by atoms with Crippen molar-refractivity contribution < 1.29 is 4.79 Å². The number of carbonyl (C=O) groups excluding carboxylic acids is 1. The van der Waals surface area contributed by atoms with Gasteiger partial charge in [-0.2, -0.15) is 0 Å². The van der Waals surface area contributed by atoms with Crippen LogP contribution in [0, 0.1) is 0 Å². The minimum Gasteiger partial charge on any atom is -0.370 e. The maximum atomic E-state index is 11.3. The summed E-state index contributed by atoms with van der Waals surface area (Å²) in [5.74, 6) is -0.108. The van der Waals surface area contributed by atoms with E-state index in [0.717, 1.165) is 11.4 Å². The molecule has 3 nitrogen and oxygen atoms in total. The van der Waals surface area contributed by atoms with Crippen molar-refractivity contribution in [3.63, 3.8) is 0 Å². The Hall–Kier alpha value is -1.81. The summed E-state index contributed by atoms with van der Waals surface area (Å²) in [6, 6.07) is 12.2. The lowest BCUT2D eigenvalue weighted by molar-refractivity contribution is -0.118. The maximum absolute atomic E-state index is 11.3. The van der Waals surface area contributed by atoms with Crippen LogP contribution in [0.5, 0.6) is 0 Å². The van der Waals surface area contributed by atoms with Crippen LogP contribution in [-0.4, -0.2) is 10.9 Å². The highest BCUT2D eigenvalue weighted by molar-refractivity contribution is 7.99. The molecule has 3 rings (SSSR count). The summed E-state index contributed by atoms with van der Waals surface area (Å²) in [7, 11) is 0. The molecular weight excluding hydrogens is 256 g/mol. The zero-order valence-electron chi connectivity index (χ0n) is 10.4. The number of rotatable bonds is 2. The first-order chi connectivity index (χ1) is 9.24. The number of hydrogen-bond acceptors (Lipinski definition) is 3. The lowest BCUT2D eigenvalue weighted by Crippen LogP contribution is -2.16. The molecule has 96 valence electrons. The van der Waals surface area contributed by atoms with Crippen LogP contribution in [0.1, 0.15) is 23.5 Å². The molecule has 1 aliphatic rings. The van der Waals surface area contributed by atoms with Crippen molar-refractivity contribution in [2.24, 2.45) is 5.73 Å². The van der Waals surface area contributed by atoms with Crippen LogP contribution in [-0.2, 0) is 11.2 Å². The highest BCUT2D eigenvalue weighted by atomic mass is 32.2. The van der Waals surface area contributed by atoms with E-state index in [9.17, 15) is 4.79 Å². The van der Waals surface area contributed by atoms with Crippen LogP contribution >= 0.6 is 11.8 Å². The third-order valence-electron chi connectivity index (χ3n) is 3.33. The first-order valence-corrected chi connectivity index (χ1v) is 7.04. The van der Waals surface area contributed by atoms with Gasteiger partial charge in [0.1, 0.15) is 5.03 Å². The fraction of sp³-hybridized carbons (Fsp3) is 0.200. The average Bonchev–Trinajstić information content (AvgIpc) is 2.55. The molecule has 1 aromatic heterocycles. The Bertz CT molecular complexity index is 627. The molecular formula is C15H14N2OS. The van der Waals surface area contributed by atoms with Gasteiger partial charge in [0, 0.05) is 17.5 Å². The van der Waals surface area contributed by atoms with Gasteiger partial charge in [-0.25, -0.2) is 4.98 Å². The molecule has 2 N–H and O–H groups in total. The molecule has 19 heavy (non-hydrogen) atoms. The van der Waals surface area contributed by atoms with E-state index in [-0.39, 0.29) is 11.8 Å². The van der Waals surface area contributed by atoms with E-state index in [1.165, 1.54) is 16.0 Å². The molecule has 0 saturated heterocycles. The third-order valence-corrected chi connectivity index (χ3v) is 4.48. The summed E-state index contributed by atoms with van der Waals surface area (Å²) in [4.78, 5) is 16.9. The fourth-order valence-corrected chi connectivity index (χ4v) is 3.59. The number of primary amides is 1. The molecule has 1 aliphatic heterocycles. The molecule has 1 amide bonds. The number of hydrogen-bond donors (Lipinski definition) is 1. The first-order valence-electron chi connectivity index (χ1n) is 6.23. The topological polar surface area (TPSA) is 56.0 Å². The van der Waals surface area contributed by atoms with Crippen molar-refractivity contribution in [1.82, 2.24) is 4.98 Å². The minimum absolute atomic E-state index is 0.145. The SMILES string of the molecule is NC(=O)CC1Cc2cccnc2Sc2ccccc21. The largest absolute Gasteiger partial charge is 0.370 e. The van der Waals surface area contributed by atoms with E-state index in [1.54, 1.807) is 11.8 Å². The lowest BCUT2D eigenvalue weighted by Gasteiger charge is -2.15. The number of aromatic nitrogens is 1. The second-order valence-corrected chi connectivity index (χ2v) is 5.71. The normalized spacial score (nSPS) is 17.2. The van der Waals surface area contributed by atoms with Crippen LogP contribution in [0.4, 0.5) is 0 Å². The van der Waals surface area contributed by atoms with Crippen LogP contribution in [0.15, 0.2) is 52.5 Å². The molecule has 0 radical (unpaired) electrons. The van der Waals surface area contributed by atoms with Gasteiger partial charge in [-0.1, -0.05) is 36.0 Å². The number of pyridine rings is 1. The van der Waals surface area contributed by atoms with Gasteiger partial charge in [0.05, 0.1) is 0 Å². The van der Waals surface area contributed by atoms with E-state index in [2.05, 4.69) is 23.2 Å². The van der Waals surface area contributed by atoms with Gasteiger partial charge in [-0.05, 0) is 35.6 Å². The Morgan fingerprint density at radius 3 is 3.00 bits per heavy atom. The summed E-state index contributed by atoms with van der Waals surface area (Å²) in [6.07, 6.45) is 3.00. The summed E-state index contributed by atoms with van der Waals surface area (Å²) >= 11 is 1.67. The molecule has 0 aliphatic carbocycles. The number of nitrogens with zero attached hydrogens (tertiary/aromatic N) is 1. The maximum Gasteiger partial charge on any atom is 0.218 e. The van der Waals surface area contributed by atoms with Gasteiger partial charge in [0.25, 0.3) is 0 Å². The molecule has 1 aromatic carbocycles. The van der Waals surface area contributed by atoms with Crippen molar-refractivity contribution in [1.29, 1.82) is 0 Å². The smallest absolute Gasteiger partial charge is 0.218 e. The summed E-state index contributed by atoms with van der Waals surface area (Å²) in [5, 5.41) is 1.03. The summed E-state index contributed by atoms with van der Waals surface area (Å²) < 4.78 is 0. The Morgan fingerprint density at radius 2 is 2.16 bits per heavy atom. The van der Waals surface area contributed by atoms with E-state index >= 15 is 0 Å². The molecule has 2 aromatic rings. The Morgan fingerprint density at radius 1 is 1.32 bits per heavy atom. The van der Waals surface area contributed by atoms with E-state index < -0.39 is 0 Å². The zero-order valence-corrected chi connectivity index (χ0v) is 11.2. The van der Waals surface area contributed by atoms with Gasteiger partial charge in [0.15, 0.2) is 0 Å². The van der Waals surface area contributed by atoms with Crippen LogP contribution in [0.25, 0.3) is 0 Å². The minimum atomic E-state index is -0.253. The van der Waals surface area contributed by atoms with E-state index in [0.29, 0.717) is 6.42 Å². The van der Waals surface area contributed by atoms with Gasteiger partial charge < -0.3 is 5.73 Å². The molecule has 0 spiro atoms. The Balaban J connectivity index is 2.08. The van der Waals surface area contributed by atoms with Crippen molar-refractivity contribution in [3.8, 4) is 0 Å². The number of amides is 1. The van der Waals surface area contributed by atoms with Crippen LogP contribution in [0.2, 0.25) is 0 Å². The van der Waals surface area contributed by atoms with Crippen molar-refractivity contribution >= 4 is 17.7 Å². The van der Waals surface area contributed by atoms with Crippen molar-refractivity contribution in [2.75, 3.05) is 0 Å². The highest BCUT2D eigenvalue weighted by Crippen LogP contribution is 2.41. The second-order valence-electron chi connectivity index (χ2n) is 4.68. The predicted octanol–water partition coefficient (Wildman–Crippen LogP) is 2.75. The van der Waals surface area contributed by atoms with E-state index in [1.807, 2.05) is 24.4 Å². The second kappa shape index (κ2) is 5.05. The quantitative estimate of drug-likeness (QED) is 0.913. The number of carbonyl (C=O) groups is 1. The molecule has 0 bridgehead atoms. The van der Waals surface area contributed by atoms with Crippen LogP contribution < -0.4 is 5.73 Å². The number of benzene rings is 1. The Labute approximate surface area is 116 Å². The molecule has 4 heteroatoms. The average molecular weight is 270 g/mol. The third kappa shape index (κ3) is 2.49. The molecule has 0 fully saturated rings. The first kappa shape index (κ1) is 12.2. The van der Waals surface area contributed by atoms with E-state index in [4.69, 9.17) is 5.73 Å². The molecule has 0 saturated carbocycles. The molecule has 1 atom stereocenters. The summed E-state index contributed by atoms with van der Waals surface area (Å²) in [6.45, 7) is 0. The molecule has 1 unspecified atom stereocenters. The standard InChI is InChI=1S/C15H14N2OS/c16-14(18)9-11-8-10-4-3-7-17-15(10)19-13-6-2-1-5-12(11)13/h1-7,11H,8-9H2,(H2,16,18). The van der Waals surface area contributed by atoms with Gasteiger partial charge >= 0.3 is 0 Å². The lowest BCUT2D eigenvalue weighted by atomic mass is 9.89. The fourth-order valence-electron chi connectivity index (χ4n) is 2.49. The van der Waals surface area contributed by atoms with Gasteiger partial charge in [-0.3, -0.25) is 4.79 Å². The molecule has 2 heterocycles. The number of nitrogens with two attached hydrogens (primary N) is 1. The predicted molar refractivity (Wildman–Crippen MR) is 75.1 cm³/mol. The van der Waals surface area contributed by atoms with Crippen molar-refractivity contribution in [3.05, 3.63) is 53.7 Å². The van der Waals surface area contributed by atoms with Gasteiger partial charge in [-0.15, -0.1) is 0 Å². The Kier molecular flexibility index (Phi) is 3.25. The zero-order chi connectivity index (χ0) is 13.2. The summed E-state index contributed by atoms with van der Waals surface area (Å²) in [5.41, 5.74) is 7.78. The van der Waals surface area contributed by atoms with Crippen molar-refractivity contribution in [2.45, 2.75) is 28.7 Å². The van der Waals surface area contributed by atoms with Gasteiger partial charge in [0.2, 0.25) is 5.91 Å².